The molecule has 4 heteroatoms. The number of aryl methyl sites for hydroxylation is 1. The number of fused-ring (bicyclic) bond motifs is 2. The van der Waals surface area contributed by atoms with Gasteiger partial charge in [0.05, 0.1) is 12.2 Å². The monoisotopic (exact) mass is 390 g/mol. The van der Waals surface area contributed by atoms with Gasteiger partial charge in [-0.1, -0.05) is 49.6 Å². The van der Waals surface area contributed by atoms with Crippen LogP contribution in [-0.4, -0.2) is 34.8 Å². The summed E-state index contributed by atoms with van der Waals surface area (Å²) in [6.07, 6.45) is 11.8. The van der Waals surface area contributed by atoms with Crippen molar-refractivity contribution in [3.05, 3.63) is 35.9 Å². The summed E-state index contributed by atoms with van der Waals surface area (Å²) >= 11 is 2.12. The Morgan fingerprint density at radius 1 is 1.00 bits per heavy atom. The molecular formula is C23H34O3S. The molecule has 0 radical (unpaired) electrons. The van der Waals surface area contributed by atoms with Gasteiger partial charge in [-0.2, -0.15) is 11.8 Å². The molecule has 0 aliphatic carbocycles. The first-order valence-corrected chi connectivity index (χ1v) is 11.9. The topological polar surface area (TPSA) is 46.5 Å². The van der Waals surface area contributed by atoms with Crippen LogP contribution in [0.1, 0.15) is 63.4 Å². The second-order valence-corrected chi connectivity index (χ2v) is 9.28. The van der Waals surface area contributed by atoms with Gasteiger partial charge >= 0.3 is 5.97 Å². The van der Waals surface area contributed by atoms with Crippen molar-refractivity contribution in [3.8, 4) is 0 Å². The number of unbranched alkanes of at least 4 members (excludes halogenated alkanes) is 3. The molecule has 4 unspecified atom stereocenters. The van der Waals surface area contributed by atoms with E-state index in [-0.39, 0.29) is 0 Å². The van der Waals surface area contributed by atoms with E-state index >= 15 is 0 Å². The Hall–Kier alpha value is -1.00. The van der Waals surface area contributed by atoms with E-state index in [2.05, 4.69) is 42.1 Å². The second-order valence-electron chi connectivity index (χ2n) is 8.13. The van der Waals surface area contributed by atoms with Crippen LogP contribution in [0.15, 0.2) is 30.3 Å². The zero-order valence-corrected chi connectivity index (χ0v) is 17.2. The SMILES string of the molecule is O=C(O)CCCCCCC1C2CCC(O2)C1CSCCCc1ccccc1. The summed E-state index contributed by atoms with van der Waals surface area (Å²) in [4.78, 5) is 10.6. The maximum atomic E-state index is 10.6. The van der Waals surface area contributed by atoms with Gasteiger partial charge < -0.3 is 9.84 Å². The van der Waals surface area contributed by atoms with Crippen LogP contribution in [0.3, 0.4) is 0 Å². The molecule has 2 aliphatic rings. The first kappa shape index (κ1) is 20.7. The average Bonchev–Trinajstić information content (AvgIpc) is 3.27. The molecule has 1 N–H and O–H groups in total. The molecule has 2 bridgehead atoms. The van der Waals surface area contributed by atoms with Gasteiger partial charge in [0.25, 0.3) is 0 Å². The Labute approximate surface area is 168 Å². The van der Waals surface area contributed by atoms with Crippen molar-refractivity contribution in [2.75, 3.05) is 11.5 Å². The van der Waals surface area contributed by atoms with Gasteiger partial charge in [0.1, 0.15) is 0 Å². The molecule has 3 rings (SSSR count). The number of carboxylic acids is 1. The highest BCUT2D eigenvalue weighted by molar-refractivity contribution is 7.99. The predicted molar refractivity (Wildman–Crippen MR) is 112 cm³/mol. The molecular weight excluding hydrogens is 356 g/mol. The number of thioether (sulfide) groups is 1. The van der Waals surface area contributed by atoms with E-state index in [1.807, 2.05) is 0 Å². The third-order valence-electron chi connectivity index (χ3n) is 6.18. The highest BCUT2D eigenvalue weighted by atomic mass is 32.2. The van der Waals surface area contributed by atoms with Crippen LogP contribution in [0.4, 0.5) is 0 Å². The lowest BCUT2D eigenvalue weighted by atomic mass is 9.77. The molecule has 2 saturated heterocycles. The fourth-order valence-corrected chi connectivity index (χ4v) is 6.00. The molecule has 150 valence electrons. The Morgan fingerprint density at radius 3 is 2.52 bits per heavy atom. The van der Waals surface area contributed by atoms with Gasteiger partial charge in [-0.3, -0.25) is 4.79 Å². The van der Waals surface area contributed by atoms with Crippen LogP contribution in [0.25, 0.3) is 0 Å². The van der Waals surface area contributed by atoms with E-state index in [9.17, 15) is 4.79 Å². The van der Waals surface area contributed by atoms with E-state index in [1.165, 1.54) is 55.6 Å². The first-order chi connectivity index (χ1) is 13.2. The molecule has 1 aromatic rings. The molecule has 2 fully saturated rings. The van der Waals surface area contributed by atoms with Crippen molar-refractivity contribution in [2.45, 2.75) is 76.4 Å². The largest absolute Gasteiger partial charge is 0.481 e. The third kappa shape index (κ3) is 6.53. The molecule has 0 aromatic heterocycles. The number of hydrogen-bond acceptors (Lipinski definition) is 3. The molecule has 27 heavy (non-hydrogen) atoms. The van der Waals surface area contributed by atoms with Crippen molar-refractivity contribution in [1.82, 2.24) is 0 Å². The van der Waals surface area contributed by atoms with E-state index in [1.54, 1.807) is 0 Å². The van der Waals surface area contributed by atoms with Crippen LogP contribution >= 0.6 is 11.8 Å². The van der Waals surface area contributed by atoms with Crippen molar-refractivity contribution in [1.29, 1.82) is 0 Å². The summed E-state index contributed by atoms with van der Waals surface area (Å²) in [6.45, 7) is 0. The number of ether oxygens (including phenoxy) is 1. The maximum absolute atomic E-state index is 10.6. The molecule has 1 aromatic carbocycles. The Balaban J connectivity index is 1.31. The number of carboxylic acid groups (broad SMARTS) is 1. The molecule has 4 atom stereocenters. The van der Waals surface area contributed by atoms with Gasteiger partial charge in [-0.05, 0) is 67.4 Å². The maximum Gasteiger partial charge on any atom is 0.303 e. The van der Waals surface area contributed by atoms with Gasteiger partial charge in [0.2, 0.25) is 0 Å². The lowest BCUT2D eigenvalue weighted by molar-refractivity contribution is -0.137. The fourth-order valence-electron chi connectivity index (χ4n) is 4.75. The summed E-state index contributed by atoms with van der Waals surface area (Å²) in [6, 6.07) is 10.8. The van der Waals surface area contributed by atoms with E-state index in [0.29, 0.717) is 18.6 Å². The van der Waals surface area contributed by atoms with E-state index < -0.39 is 5.97 Å². The fraction of sp³-hybridized carbons (Fsp3) is 0.696. The van der Waals surface area contributed by atoms with Crippen molar-refractivity contribution in [3.63, 3.8) is 0 Å². The molecule has 3 nitrogen and oxygen atoms in total. The number of aliphatic carboxylic acids is 1. The normalized spacial score (nSPS) is 26.5. The Bertz CT molecular complexity index is 562. The minimum Gasteiger partial charge on any atom is -0.481 e. The zero-order valence-electron chi connectivity index (χ0n) is 16.4. The molecule has 2 aliphatic heterocycles. The Morgan fingerprint density at radius 2 is 1.74 bits per heavy atom. The number of hydrogen-bond donors (Lipinski definition) is 1. The second kappa shape index (κ2) is 11.1. The molecule has 2 heterocycles. The molecule has 0 spiro atoms. The molecule has 0 saturated carbocycles. The average molecular weight is 391 g/mol. The smallest absolute Gasteiger partial charge is 0.303 e. The van der Waals surface area contributed by atoms with Crippen molar-refractivity contribution in [2.24, 2.45) is 11.8 Å². The summed E-state index contributed by atoms with van der Waals surface area (Å²) in [5, 5.41) is 8.72. The highest BCUT2D eigenvalue weighted by Crippen LogP contribution is 2.46. The van der Waals surface area contributed by atoms with Crippen LogP contribution < -0.4 is 0 Å². The third-order valence-corrected chi connectivity index (χ3v) is 7.37. The summed E-state index contributed by atoms with van der Waals surface area (Å²) in [5.74, 6) is 3.31. The predicted octanol–water partition coefficient (Wildman–Crippen LogP) is 5.57. The van der Waals surface area contributed by atoms with Gasteiger partial charge in [-0.25, -0.2) is 0 Å². The van der Waals surface area contributed by atoms with E-state index in [4.69, 9.17) is 9.84 Å². The summed E-state index contributed by atoms with van der Waals surface area (Å²) in [5.41, 5.74) is 1.45. The van der Waals surface area contributed by atoms with Gasteiger partial charge in [0, 0.05) is 6.42 Å². The first-order valence-electron chi connectivity index (χ1n) is 10.7. The standard InChI is InChI=1S/C23H34O3S/c24-23(25)13-7-2-1-6-12-19-20(22-15-14-21(19)26-22)17-27-16-8-11-18-9-4-3-5-10-18/h3-5,9-10,19-22H,1-2,6-8,11-17H2,(H,24,25). The molecule has 0 amide bonds. The van der Waals surface area contributed by atoms with Crippen LogP contribution in [-0.2, 0) is 16.0 Å². The van der Waals surface area contributed by atoms with Gasteiger partial charge in [-0.15, -0.1) is 0 Å². The van der Waals surface area contributed by atoms with E-state index in [0.717, 1.165) is 31.1 Å². The minimum absolute atomic E-state index is 0.319. The number of rotatable bonds is 13. The van der Waals surface area contributed by atoms with Crippen molar-refractivity contribution >= 4 is 17.7 Å². The van der Waals surface area contributed by atoms with Crippen LogP contribution in [0, 0.1) is 11.8 Å². The van der Waals surface area contributed by atoms with Crippen molar-refractivity contribution < 1.29 is 14.6 Å². The quantitative estimate of drug-likeness (QED) is 0.447. The number of benzene rings is 1. The lowest BCUT2D eigenvalue weighted by Crippen LogP contribution is -2.29. The number of carbonyl (C=O) groups is 1. The minimum atomic E-state index is -0.666. The van der Waals surface area contributed by atoms with Crippen LogP contribution in [0.2, 0.25) is 0 Å². The highest BCUT2D eigenvalue weighted by Gasteiger charge is 2.47. The summed E-state index contributed by atoms with van der Waals surface area (Å²) < 4.78 is 6.24. The lowest BCUT2D eigenvalue weighted by Gasteiger charge is -2.28. The van der Waals surface area contributed by atoms with Gasteiger partial charge in [0.15, 0.2) is 0 Å². The zero-order chi connectivity index (χ0) is 18.9. The van der Waals surface area contributed by atoms with Crippen LogP contribution in [0.5, 0.6) is 0 Å². The summed E-state index contributed by atoms with van der Waals surface area (Å²) in [7, 11) is 0. The Kier molecular flexibility index (Phi) is 8.53.